The van der Waals surface area contributed by atoms with Crippen LogP contribution in [0, 0.1) is 5.41 Å². The molecule has 1 saturated heterocycles. The molecular weight excluding hydrogens is 242 g/mol. The van der Waals surface area contributed by atoms with Crippen molar-refractivity contribution in [2.24, 2.45) is 5.41 Å². The number of nitrogens with zero attached hydrogens (tertiary/aromatic N) is 3. The Hall–Kier alpha value is -1.40. The standard InChI is InChI=1S/C13H23N5O/c1-13(2,10-19)9-16-12-15-4-3-11(17-12)18-7-5-14-6-8-18/h3-4,14,19H,5-10H2,1-2H3,(H,15,16,17). The number of rotatable bonds is 5. The minimum Gasteiger partial charge on any atom is -0.396 e. The fraction of sp³-hybridized carbons (Fsp3) is 0.692. The van der Waals surface area contributed by atoms with Gasteiger partial charge in [0.15, 0.2) is 0 Å². The van der Waals surface area contributed by atoms with Crippen LogP contribution in [0.4, 0.5) is 11.8 Å². The summed E-state index contributed by atoms with van der Waals surface area (Å²) >= 11 is 0. The lowest BCUT2D eigenvalue weighted by Gasteiger charge is -2.28. The van der Waals surface area contributed by atoms with Crippen molar-refractivity contribution in [2.75, 3.05) is 49.5 Å². The topological polar surface area (TPSA) is 73.3 Å². The van der Waals surface area contributed by atoms with E-state index in [9.17, 15) is 5.11 Å². The molecule has 0 amide bonds. The molecule has 3 N–H and O–H groups in total. The molecule has 0 atom stereocenters. The first-order valence-electron chi connectivity index (χ1n) is 6.74. The zero-order valence-electron chi connectivity index (χ0n) is 11.7. The second-order valence-corrected chi connectivity index (χ2v) is 5.65. The SMILES string of the molecule is CC(C)(CO)CNc1nccc(N2CCNCC2)n1. The van der Waals surface area contributed by atoms with E-state index in [1.165, 1.54) is 0 Å². The average Bonchev–Trinajstić information content (AvgIpc) is 2.47. The highest BCUT2D eigenvalue weighted by atomic mass is 16.3. The Morgan fingerprint density at radius 1 is 1.42 bits per heavy atom. The van der Waals surface area contributed by atoms with Crippen molar-refractivity contribution in [3.05, 3.63) is 12.3 Å². The van der Waals surface area contributed by atoms with E-state index in [4.69, 9.17) is 0 Å². The van der Waals surface area contributed by atoms with Gasteiger partial charge in [0.25, 0.3) is 0 Å². The maximum atomic E-state index is 9.23. The van der Waals surface area contributed by atoms with Gasteiger partial charge in [0, 0.05) is 50.9 Å². The van der Waals surface area contributed by atoms with Crippen LogP contribution >= 0.6 is 0 Å². The molecule has 1 fully saturated rings. The summed E-state index contributed by atoms with van der Waals surface area (Å²) in [7, 11) is 0. The number of aliphatic hydroxyl groups excluding tert-OH is 1. The molecule has 2 heterocycles. The van der Waals surface area contributed by atoms with Gasteiger partial charge in [-0.05, 0) is 6.07 Å². The Labute approximate surface area is 114 Å². The molecule has 1 aromatic rings. The van der Waals surface area contributed by atoms with Crippen LogP contribution in [-0.4, -0.2) is 54.4 Å². The van der Waals surface area contributed by atoms with Crippen molar-refractivity contribution in [1.29, 1.82) is 0 Å². The largest absolute Gasteiger partial charge is 0.396 e. The molecule has 0 aromatic carbocycles. The van der Waals surface area contributed by atoms with Crippen LogP contribution in [0.2, 0.25) is 0 Å². The molecular formula is C13H23N5O. The molecule has 0 radical (unpaired) electrons. The van der Waals surface area contributed by atoms with E-state index in [0.717, 1.165) is 32.0 Å². The summed E-state index contributed by atoms with van der Waals surface area (Å²) in [6, 6.07) is 1.94. The number of hydrogen-bond donors (Lipinski definition) is 3. The molecule has 0 saturated carbocycles. The van der Waals surface area contributed by atoms with Crippen LogP contribution in [0.15, 0.2) is 12.3 Å². The summed E-state index contributed by atoms with van der Waals surface area (Å²) in [6.45, 7) is 8.71. The molecule has 1 aliphatic heterocycles. The molecule has 0 spiro atoms. The van der Waals surface area contributed by atoms with E-state index in [2.05, 4.69) is 25.5 Å². The summed E-state index contributed by atoms with van der Waals surface area (Å²) in [5, 5.41) is 15.7. The molecule has 0 bridgehead atoms. The second kappa shape index (κ2) is 6.16. The van der Waals surface area contributed by atoms with E-state index < -0.39 is 0 Å². The van der Waals surface area contributed by atoms with Crippen LogP contribution in [0.3, 0.4) is 0 Å². The Morgan fingerprint density at radius 2 is 2.16 bits per heavy atom. The number of hydrogen-bond acceptors (Lipinski definition) is 6. The predicted octanol–water partition coefficient (Wildman–Crippen LogP) is 0.317. The zero-order valence-corrected chi connectivity index (χ0v) is 11.7. The Bertz CT molecular complexity index is 404. The van der Waals surface area contributed by atoms with Gasteiger partial charge in [-0.2, -0.15) is 4.98 Å². The Kier molecular flexibility index (Phi) is 4.55. The summed E-state index contributed by atoms with van der Waals surface area (Å²) in [5.41, 5.74) is -0.172. The molecule has 0 aliphatic carbocycles. The summed E-state index contributed by atoms with van der Waals surface area (Å²) in [5.74, 6) is 1.58. The third-order valence-corrected chi connectivity index (χ3v) is 3.23. The molecule has 1 aromatic heterocycles. The smallest absolute Gasteiger partial charge is 0.224 e. The fourth-order valence-electron chi connectivity index (χ4n) is 1.88. The minimum atomic E-state index is -0.172. The van der Waals surface area contributed by atoms with Crippen molar-refractivity contribution < 1.29 is 5.11 Å². The first-order chi connectivity index (χ1) is 9.11. The maximum absolute atomic E-state index is 9.23. The highest BCUT2D eigenvalue weighted by Gasteiger charge is 2.17. The molecule has 6 heteroatoms. The lowest BCUT2D eigenvalue weighted by atomic mass is 9.95. The first-order valence-corrected chi connectivity index (χ1v) is 6.74. The van der Waals surface area contributed by atoms with Gasteiger partial charge in [-0.15, -0.1) is 0 Å². The molecule has 106 valence electrons. The van der Waals surface area contributed by atoms with Crippen molar-refractivity contribution in [1.82, 2.24) is 15.3 Å². The quantitative estimate of drug-likeness (QED) is 0.712. The fourth-order valence-corrected chi connectivity index (χ4v) is 1.88. The Balaban J connectivity index is 1.98. The number of anilines is 2. The van der Waals surface area contributed by atoms with Crippen molar-refractivity contribution >= 4 is 11.8 Å². The van der Waals surface area contributed by atoms with Gasteiger partial charge in [0.2, 0.25) is 5.95 Å². The zero-order chi connectivity index (χ0) is 13.7. The summed E-state index contributed by atoms with van der Waals surface area (Å²) in [4.78, 5) is 11.0. The van der Waals surface area contributed by atoms with Crippen LogP contribution in [-0.2, 0) is 0 Å². The average molecular weight is 265 g/mol. The van der Waals surface area contributed by atoms with E-state index in [1.54, 1.807) is 6.20 Å². The van der Waals surface area contributed by atoms with Crippen LogP contribution in [0.5, 0.6) is 0 Å². The number of aromatic nitrogens is 2. The number of nitrogens with one attached hydrogen (secondary N) is 2. The second-order valence-electron chi connectivity index (χ2n) is 5.65. The van der Waals surface area contributed by atoms with Crippen molar-refractivity contribution in [3.8, 4) is 0 Å². The van der Waals surface area contributed by atoms with Crippen LogP contribution in [0.1, 0.15) is 13.8 Å². The minimum absolute atomic E-state index is 0.136. The van der Waals surface area contributed by atoms with Crippen molar-refractivity contribution in [2.45, 2.75) is 13.8 Å². The van der Waals surface area contributed by atoms with Gasteiger partial charge in [-0.3, -0.25) is 0 Å². The van der Waals surface area contributed by atoms with E-state index >= 15 is 0 Å². The van der Waals surface area contributed by atoms with Crippen LogP contribution < -0.4 is 15.5 Å². The van der Waals surface area contributed by atoms with Gasteiger partial charge in [0.1, 0.15) is 5.82 Å². The maximum Gasteiger partial charge on any atom is 0.224 e. The summed E-state index contributed by atoms with van der Waals surface area (Å²) < 4.78 is 0. The van der Waals surface area contributed by atoms with Gasteiger partial charge in [-0.25, -0.2) is 4.98 Å². The first kappa shape index (κ1) is 14.0. The molecule has 6 nitrogen and oxygen atoms in total. The monoisotopic (exact) mass is 265 g/mol. The van der Waals surface area contributed by atoms with Crippen molar-refractivity contribution in [3.63, 3.8) is 0 Å². The number of piperazine rings is 1. The molecule has 0 unspecified atom stereocenters. The van der Waals surface area contributed by atoms with E-state index in [1.807, 2.05) is 19.9 Å². The van der Waals surface area contributed by atoms with Gasteiger partial charge in [0.05, 0.1) is 0 Å². The lowest BCUT2D eigenvalue weighted by molar-refractivity contribution is 0.170. The van der Waals surface area contributed by atoms with Crippen LogP contribution in [0.25, 0.3) is 0 Å². The van der Waals surface area contributed by atoms with E-state index in [-0.39, 0.29) is 12.0 Å². The number of aliphatic hydroxyl groups is 1. The molecule has 2 rings (SSSR count). The molecule has 1 aliphatic rings. The van der Waals surface area contributed by atoms with Gasteiger partial charge < -0.3 is 20.6 Å². The third-order valence-electron chi connectivity index (χ3n) is 3.23. The van der Waals surface area contributed by atoms with Gasteiger partial charge >= 0.3 is 0 Å². The lowest BCUT2D eigenvalue weighted by Crippen LogP contribution is -2.44. The third kappa shape index (κ3) is 4.04. The predicted molar refractivity (Wildman–Crippen MR) is 76.5 cm³/mol. The normalized spacial score (nSPS) is 16.5. The Morgan fingerprint density at radius 3 is 2.84 bits per heavy atom. The summed E-state index contributed by atoms with van der Waals surface area (Å²) in [6.07, 6.45) is 1.78. The highest BCUT2D eigenvalue weighted by molar-refractivity contribution is 5.43. The highest BCUT2D eigenvalue weighted by Crippen LogP contribution is 2.16. The van der Waals surface area contributed by atoms with Gasteiger partial charge in [-0.1, -0.05) is 13.8 Å². The molecule has 19 heavy (non-hydrogen) atoms. The van der Waals surface area contributed by atoms with E-state index in [0.29, 0.717) is 12.5 Å².